The van der Waals surface area contributed by atoms with Crippen LogP contribution >= 0.6 is 0 Å². The van der Waals surface area contributed by atoms with Gasteiger partial charge in [0.1, 0.15) is 5.60 Å². The minimum Gasteiger partial charge on any atom is -0.446 e. The molecule has 0 aromatic heterocycles. The van der Waals surface area contributed by atoms with Crippen LogP contribution in [0.15, 0.2) is 0 Å². The van der Waals surface area contributed by atoms with E-state index < -0.39 is 11.2 Å². The molecule has 3 nitrogen and oxygen atoms in total. The van der Waals surface area contributed by atoms with Gasteiger partial charge in [-0.3, -0.25) is 4.79 Å². The summed E-state index contributed by atoms with van der Waals surface area (Å²) in [6, 6.07) is 0. The molecule has 0 saturated heterocycles. The lowest BCUT2D eigenvalue weighted by molar-refractivity contribution is -0.150. The number of carbonyl (C=O) groups excluding carboxylic acids is 1. The molecular formula is C14H20O3. The fourth-order valence-corrected chi connectivity index (χ4v) is 1.30. The third-order valence-electron chi connectivity index (χ3n) is 1.88. The van der Waals surface area contributed by atoms with E-state index in [-0.39, 0.29) is 5.97 Å². The van der Waals surface area contributed by atoms with E-state index in [1.807, 2.05) is 0 Å². The highest BCUT2D eigenvalue weighted by Crippen LogP contribution is 2.17. The Morgan fingerprint density at radius 3 is 2.29 bits per heavy atom. The summed E-state index contributed by atoms with van der Waals surface area (Å²) in [5, 5.41) is 9.41. The molecule has 0 aliphatic rings. The van der Waals surface area contributed by atoms with Gasteiger partial charge >= 0.3 is 5.97 Å². The molecule has 0 amide bonds. The van der Waals surface area contributed by atoms with Crippen LogP contribution in [-0.2, 0) is 9.53 Å². The van der Waals surface area contributed by atoms with Crippen molar-refractivity contribution in [2.24, 2.45) is 0 Å². The van der Waals surface area contributed by atoms with Crippen molar-refractivity contribution in [3.63, 3.8) is 0 Å². The van der Waals surface area contributed by atoms with E-state index in [9.17, 15) is 9.90 Å². The average molecular weight is 236 g/mol. The largest absolute Gasteiger partial charge is 0.446 e. The number of esters is 1. The maximum atomic E-state index is 11.0. The highest BCUT2D eigenvalue weighted by Gasteiger charge is 2.24. The van der Waals surface area contributed by atoms with E-state index in [0.29, 0.717) is 12.8 Å². The molecule has 94 valence electrons. The van der Waals surface area contributed by atoms with Gasteiger partial charge < -0.3 is 9.84 Å². The summed E-state index contributed by atoms with van der Waals surface area (Å²) in [7, 11) is 0. The quantitative estimate of drug-likeness (QED) is 0.601. The van der Waals surface area contributed by atoms with Crippen LogP contribution in [0.5, 0.6) is 0 Å². The molecule has 1 unspecified atom stereocenters. The molecule has 0 saturated carbocycles. The summed E-state index contributed by atoms with van der Waals surface area (Å²) in [5.41, 5.74) is -1.79. The molecule has 0 aromatic carbocycles. The van der Waals surface area contributed by atoms with Gasteiger partial charge in [0.25, 0.3) is 0 Å². The van der Waals surface area contributed by atoms with Crippen molar-refractivity contribution >= 4 is 5.97 Å². The van der Waals surface area contributed by atoms with Crippen molar-refractivity contribution in [1.29, 1.82) is 0 Å². The molecule has 0 aromatic rings. The topological polar surface area (TPSA) is 46.5 Å². The number of hydrogen-bond donors (Lipinski definition) is 1. The third-order valence-corrected chi connectivity index (χ3v) is 1.88. The molecule has 0 fully saturated rings. The van der Waals surface area contributed by atoms with Crippen LogP contribution in [0.4, 0.5) is 0 Å². The minimum atomic E-state index is -0.992. The summed E-state index contributed by atoms with van der Waals surface area (Å²) >= 11 is 0. The predicted molar refractivity (Wildman–Crippen MR) is 66.9 cm³/mol. The Morgan fingerprint density at radius 1 is 1.29 bits per heavy atom. The van der Waals surface area contributed by atoms with E-state index in [1.165, 1.54) is 6.92 Å². The van der Waals surface area contributed by atoms with Gasteiger partial charge in [-0.05, 0) is 27.7 Å². The highest BCUT2D eigenvalue weighted by molar-refractivity contribution is 5.67. The minimum absolute atomic E-state index is 0.356. The highest BCUT2D eigenvalue weighted by atomic mass is 16.6. The van der Waals surface area contributed by atoms with Gasteiger partial charge in [0.05, 0.1) is 0 Å². The first-order valence-corrected chi connectivity index (χ1v) is 5.54. The van der Waals surface area contributed by atoms with Crippen LogP contribution in [0, 0.1) is 23.7 Å². The van der Waals surface area contributed by atoms with Gasteiger partial charge in [0.2, 0.25) is 0 Å². The second kappa shape index (κ2) is 6.33. The fourth-order valence-electron chi connectivity index (χ4n) is 1.30. The van der Waals surface area contributed by atoms with Gasteiger partial charge in [-0.25, -0.2) is 0 Å². The number of hydrogen-bond acceptors (Lipinski definition) is 3. The van der Waals surface area contributed by atoms with Gasteiger partial charge in [-0.15, -0.1) is 11.8 Å². The van der Waals surface area contributed by atoms with E-state index in [0.717, 1.165) is 0 Å². The summed E-state index contributed by atoms with van der Waals surface area (Å²) in [4.78, 5) is 11.0. The lowest BCUT2D eigenvalue weighted by Crippen LogP contribution is -2.29. The van der Waals surface area contributed by atoms with Crippen molar-refractivity contribution in [2.45, 2.75) is 58.7 Å². The second-order valence-electron chi connectivity index (χ2n) is 4.56. The third kappa shape index (κ3) is 8.37. The molecule has 1 atom stereocenters. The molecule has 0 spiro atoms. The average Bonchev–Trinajstić information content (AvgIpc) is 2.10. The first kappa shape index (κ1) is 15.6. The molecule has 0 heterocycles. The van der Waals surface area contributed by atoms with Gasteiger partial charge in [0, 0.05) is 19.8 Å². The SMILES string of the molecule is CC#CC(C)(CCC#CC(C)(C)O)OC(C)=O. The zero-order valence-corrected chi connectivity index (χ0v) is 11.2. The van der Waals surface area contributed by atoms with Crippen molar-refractivity contribution in [3.05, 3.63) is 0 Å². The first-order chi connectivity index (χ1) is 7.68. The smallest absolute Gasteiger partial charge is 0.304 e. The van der Waals surface area contributed by atoms with E-state index in [4.69, 9.17) is 4.74 Å². The summed E-state index contributed by atoms with van der Waals surface area (Å²) in [6.07, 6.45) is 1.04. The maximum Gasteiger partial charge on any atom is 0.304 e. The van der Waals surface area contributed by atoms with Crippen LogP contribution < -0.4 is 0 Å². The Bertz CT molecular complexity index is 382. The monoisotopic (exact) mass is 236 g/mol. The molecule has 0 radical (unpaired) electrons. The number of carbonyl (C=O) groups is 1. The predicted octanol–water partition coefficient (Wildman–Crippen LogP) is 1.89. The van der Waals surface area contributed by atoms with E-state index >= 15 is 0 Å². The number of aliphatic hydroxyl groups is 1. The van der Waals surface area contributed by atoms with E-state index in [2.05, 4.69) is 23.7 Å². The Hall–Kier alpha value is -1.45. The summed E-state index contributed by atoms with van der Waals surface area (Å²) in [6.45, 7) is 8.06. The number of ether oxygens (including phenoxy) is 1. The second-order valence-corrected chi connectivity index (χ2v) is 4.56. The molecule has 0 bridgehead atoms. The van der Waals surface area contributed by atoms with Crippen LogP contribution in [0.3, 0.4) is 0 Å². The molecule has 17 heavy (non-hydrogen) atoms. The lowest BCUT2D eigenvalue weighted by atomic mass is 10.00. The molecular weight excluding hydrogens is 216 g/mol. The maximum absolute atomic E-state index is 11.0. The van der Waals surface area contributed by atoms with Gasteiger partial charge in [-0.1, -0.05) is 11.8 Å². The van der Waals surface area contributed by atoms with Crippen LogP contribution in [-0.4, -0.2) is 22.3 Å². The first-order valence-electron chi connectivity index (χ1n) is 5.54. The van der Waals surface area contributed by atoms with Crippen LogP contribution in [0.1, 0.15) is 47.5 Å². The van der Waals surface area contributed by atoms with E-state index in [1.54, 1.807) is 27.7 Å². The zero-order chi connectivity index (χ0) is 13.5. The molecule has 1 N–H and O–H groups in total. The summed E-state index contributed by atoms with van der Waals surface area (Å²) < 4.78 is 5.17. The summed E-state index contributed by atoms with van der Waals surface area (Å²) in [5.74, 6) is 10.8. The Labute approximate surface area is 104 Å². The van der Waals surface area contributed by atoms with Crippen molar-refractivity contribution < 1.29 is 14.6 Å². The van der Waals surface area contributed by atoms with Crippen molar-refractivity contribution in [2.75, 3.05) is 0 Å². The van der Waals surface area contributed by atoms with Gasteiger partial charge in [0.15, 0.2) is 5.60 Å². The Kier molecular flexibility index (Phi) is 5.79. The fraction of sp³-hybridized carbons (Fsp3) is 0.643. The van der Waals surface area contributed by atoms with Crippen LogP contribution in [0.2, 0.25) is 0 Å². The Balaban J connectivity index is 4.50. The lowest BCUT2D eigenvalue weighted by Gasteiger charge is -2.22. The van der Waals surface area contributed by atoms with Crippen molar-refractivity contribution in [3.8, 4) is 23.7 Å². The zero-order valence-electron chi connectivity index (χ0n) is 11.2. The molecule has 0 aliphatic heterocycles. The number of rotatable bonds is 3. The standard InChI is InChI=1S/C14H20O3/c1-6-9-14(5,17-12(2)15)11-8-7-10-13(3,4)16/h16H,8,11H2,1-5H3. The molecule has 0 aliphatic carbocycles. The normalized spacial score (nSPS) is 13.5. The Morgan fingerprint density at radius 2 is 1.88 bits per heavy atom. The molecule has 3 heteroatoms. The van der Waals surface area contributed by atoms with Crippen molar-refractivity contribution in [1.82, 2.24) is 0 Å². The van der Waals surface area contributed by atoms with Crippen LogP contribution in [0.25, 0.3) is 0 Å². The van der Waals surface area contributed by atoms with Gasteiger partial charge in [-0.2, -0.15) is 0 Å². The molecule has 0 rings (SSSR count).